The van der Waals surface area contributed by atoms with E-state index >= 15 is 0 Å². The highest BCUT2D eigenvalue weighted by atomic mass is 32.2. The van der Waals surface area contributed by atoms with Crippen LogP contribution in [0.25, 0.3) is 0 Å². The Morgan fingerprint density at radius 3 is 2.39 bits per heavy atom. The van der Waals surface area contributed by atoms with E-state index in [1.165, 1.54) is 21.5 Å². The minimum atomic E-state index is -3.61. The molecule has 1 aromatic carbocycles. The first kappa shape index (κ1) is 20.1. The van der Waals surface area contributed by atoms with Gasteiger partial charge in [0.1, 0.15) is 0 Å². The van der Waals surface area contributed by atoms with E-state index in [1.807, 2.05) is 13.8 Å². The van der Waals surface area contributed by atoms with Crippen LogP contribution in [-0.2, 0) is 19.6 Å². The number of piperazine rings is 1. The molecule has 2 heterocycles. The first-order valence-electron chi connectivity index (χ1n) is 8.85. The number of carbonyl (C=O) groups excluding carboxylic acids is 2. The highest BCUT2D eigenvalue weighted by molar-refractivity contribution is 7.89. The van der Waals surface area contributed by atoms with E-state index in [2.05, 4.69) is 0 Å². The van der Waals surface area contributed by atoms with Gasteiger partial charge in [-0.25, -0.2) is 13.2 Å². The summed E-state index contributed by atoms with van der Waals surface area (Å²) >= 11 is 0. The Morgan fingerprint density at radius 2 is 1.79 bits per heavy atom. The number of furan rings is 1. The monoisotopic (exact) mass is 406 g/mol. The number of aryl methyl sites for hydroxylation is 2. The summed E-state index contributed by atoms with van der Waals surface area (Å²) in [7, 11) is -3.61. The lowest BCUT2D eigenvalue weighted by Crippen LogP contribution is -2.51. The lowest BCUT2D eigenvalue weighted by atomic mass is 10.1. The third-order valence-electron chi connectivity index (χ3n) is 4.76. The highest BCUT2D eigenvalue weighted by Gasteiger charge is 2.30. The molecule has 0 saturated carbocycles. The maximum Gasteiger partial charge on any atom is 0.374 e. The van der Waals surface area contributed by atoms with Crippen molar-refractivity contribution in [3.63, 3.8) is 0 Å². The lowest BCUT2D eigenvalue weighted by molar-refractivity contribution is -0.135. The number of amides is 1. The molecule has 8 nitrogen and oxygen atoms in total. The number of esters is 1. The zero-order chi connectivity index (χ0) is 20.3. The van der Waals surface area contributed by atoms with Crippen molar-refractivity contribution < 1.29 is 27.2 Å². The Balaban J connectivity index is 1.55. The molecule has 1 aromatic heterocycles. The van der Waals surface area contributed by atoms with Crippen LogP contribution in [0.5, 0.6) is 0 Å². The molecule has 0 aliphatic carbocycles. The molecule has 3 rings (SSSR count). The molecule has 1 aliphatic rings. The van der Waals surface area contributed by atoms with Gasteiger partial charge in [-0.3, -0.25) is 4.79 Å². The number of benzene rings is 1. The van der Waals surface area contributed by atoms with Crippen molar-refractivity contribution in [2.75, 3.05) is 32.8 Å². The maximum atomic E-state index is 12.8. The summed E-state index contributed by atoms with van der Waals surface area (Å²) in [5.74, 6) is -1.06. The molecule has 0 bridgehead atoms. The number of carbonyl (C=O) groups is 2. The van der Waals surface area contributed by atoms with Gasteiger partial charge in [-0.1, -0.05) is 6.07 Å². The number of rotatable bonds is 5. The first-order chi connectivity index (χ1) is 13.3. The van der Waals surface area contributed by atoms with Crippen molar-refractivity contribution in [3.05, 3.63) is 53.5 Å². The Bertz CT molecular complexity index is 960. The predicted molar refractivity (Wildman–Crippen MR) is 100 cm³/mol. The van der Waals surface area contributed by atoms with E-state index in [9.17, 15) is 18.0 Å². The molecule has 0 unspecified atom stereocenters. The van der Waals surface area contributed by atoms with Gasteiger partial charge >= 0.3 is 5.97 Å². The molecule has 0 atom stereocenters. The number of ether oxygens (including phenoxy) is 1. The molecule has 0 spiro atoms. The van der Waals surface area contributed by atoms with E-state index < -0.39 is 22.6 Å². The second-order valence-electron chi connectivity index (χ2n) is 6.58. The first-order valence-corrected chi connectivity index (χ1v) is 10.3. The van der Waals surface area contributed by atoms with Crippen molar-refractivity contribution in [3.8, 4) is 0 Å². The summed E-state index contributed by atoms with van der Waals surface area (Å²) in [4.78, 5) is 25.7. The van der Waals surface area contributed by atoms with Gasteiger partial charge in [0.2, 0.25) is 15.8 Å². The van der Waals surface area contributed by atoms with Crippen LogP contribution < -0.4 is 0 Å². The largest absolute Gasteiger partial charge is 0.457 e. The highest BCUT2D eigenvalue weighted by Crippen LogP contribution is 2.20. The van der Waals surface area contributed by atoms with E-state index in [1.54, 1.807) is 24.3 Å². The second-order valence-corrected chi connectivity index (χ2v) is 8.52. The van der Waals surface area contributed by atoms with E-state index in [0.29, 0.717) is 0 Å². The van der Waals surface area contributed by atoms with Crippen LogP contribution >= 0.6 is 0 Å². The molecule has 1 saturated heterocycles. The van der Waals surface area contributed by atoms with Crippen molar-refractivity contribution in [1.29, 1.82) is 0 Å². The molecule has 1 amide bonds. The smallest absolute Gasteiger partial charge is 0.374 e. The van der Waals surface area contributed by atoms with Crippen LogP contribution in [0.15, 0.2) is 45.9 Å². The SMILES string of the molecule is Cc1ccc(S(=O)(=O)N2CCN(C(=O)COC(=O)c3ccco3)CC2)cc1C. The zero-order valence-corrected chi connectivity index (χ0v) is 16.6. The number of hydrogen-bond acceptors (Lipinski definition) is 6. The fraction of sp³-hybridized carbons (Fsp3) is 0.368. The molecule has 9 heteroatoms. The average molecular weight is 406 g/mol. The van der Waals surface area contributed by atoms with Gasteiger partial charge in [0.15, 0.2) is 6.61 Å². The normalized spacial score (nSPS) is 15.4. The van der Waals surface area contributed by atoms with Crippen LogP contribution in [0.4, 0.5) is 0 Å². The van der Waals surface area contributed by atoms with Gasteiger partial charge in [-0.2, -0.15) is 4.31 Å². The van der Waals surface area contributed by atoms with Crippen LogP contribution in [0.1, 0.15) is 21.7 Å². The minimum absolute atomic E-state index is 0.0251. The molecule has 28 heavy (non-hydrogen) atoms. The molecule has 0 N–H and O–H groups in total. The van der Waals surface area contributed by atoms with Crippen molar-refractivity contribution in [1.82, 2.24) is 9.21 Å². The zero-order valence-electron chi connectivity index (χ0n) is 15.8. The quantitative estimate of drug-likeness (QED) is 0.700. The topological polar surface area (TPSA) is 97.1 Å². The summed E-state index contributed by atoms with van der Waals surface area (Å²) in [6.07, 6.45) is 1.34. The maximum absolute atomic E-state index is 12.8. The standard InChI is InChI=1S/C19H22N2O6S/c1-14-5-6-16(12-15(14)2)28(24,25)21-9-7-20(8-10-21)18(22)13-27-19(23)17-4-3-11-26-17/h3-6,11-12H,7-10,13H2,1-2H3. The minimum Gasteiger partial charge on any atom is -0.457 e. The Labute approximate surface area is 163 Å². The summed E-state index contributed by atoms with van der Waals surface area (Å²) in [5, 5.41) is 0. The van der Waals surface area contributed by atoms with Crippen LogP contribution in [0.2, 0.25) is 0 Å². The second kappa shape index (κ2) is 8.15. The van der Waals surface area contributed by atoms with Gasteiger partial charge in [0.25, 0.3) is 5.91 Å². The van der Waals surface area contributed by atoms with Crippen LogP contribution in [0.3, 0.4) is 0 Å². The number of hydrogen-bond donors (Lipinski definition) is 0. The van der Waals surface area contributed by atoms with Gasteiger partial charge in [-0.15, -0.1) is 0 Å². The van der Waals surface area contributed by atoms with E-state index in [4.69, 9.17) is 9.15 Å². The summed E-state index contributed by atoms with van der Waals surface area (Å²) in [6.45, 7) is 4.23. The van der Waals surface area contributed by atoms with Crippen molar-refractivity contribution in [2.24, 2.45) is 0 Å². The van der Waals surface area contributed by atoms with E-state index in [-0.39, 0.29) is 42.7 Å². The summed E-state index contributed by atoms with van der Waals surface area (Å²) in [5.41, 5.74) is 1.94. The fourth-order valence-electron chi connectivity index (χ4n) is 2.89. The number of sulfonamides is 1. The van der Waals surface area contributed by atoms with Gasteiger partial charge in [-0.05, 0) is 49.2 Å². The fourth-order valence-corrected chi connectivity index (χ4v) is 4.39. The van der Waals surface area contributed by atoms with Crippen LogP contribution in [0, 0.1) is 13.8 Å². The third-order valence-corrected chi connectivity index (χ3v) is 6.65. The lowest BCUT2D eigenvalue weighted by Gasteiger charge is -2.34. The summed E-state index contributed by atoms with van der Waals surface area (Å²) in [6, 6.07) is 8.05. The predicted octanol–water partition coefficient (Wildman–Crippen LogP) is 1.59. The van der Waals surface area contributed by atoms with Gasteiger partial charge in [0, 0.05) is 26.2 Å². The summed E-state index contributed by atoms with van der Waals surface area (Å²) < 4.78 is 36.8. The van der Waals surface area contributed by atoms with Gasteiger partial charge in [0.05, 0.1) is 11.2 Å². The Kier molecular flexibility index (Phi) is 5.85. The van der Waals surface area contributed by atoms with Crippen LogP contribution in [-0.4, -0.2) is 62.3 Å². The Morgan fingerprint density at radius 1 is 1.07 bits per heavy atom. The molecular weight excluding hydrogens is 384 g/mol. The number of nitrogens with zero attached hydrogens (tertiary/aromatic N) is 2. The van der Waals surface area contributed by atoms with Gasteiger partial charge < -0.3 is 14.1 Å². The molecule has 2 aromatic rings. The third kappa shape index (κ3) is 4.26. The Hall–Kier alpha value is -2.65. The molecule has 1 fully saturated rings. The molecule has 1 aliphatic heterocycles. The molecule has 150 valence electrons. The van der Waals surface area contributed by atoms with E-state index in [0.717, 1.165) is 11.1 Å². The average Bonchev–Trinajstić information content (AvgIpc) is 3.23. The van der Waals surface area contributed by atoms with Crippen molar-refractivity contribution >= 4 is 21.9 Å². The van der Waals surface area contributed by atoms with Crippen molar-refractivity contribution in [2.45, 2.75) is 18.7 Å². The molecule has 0 radical (unpaired) electrons. The molecular formula is C19H22N2O6S.